The van der Waals surface area contributed by atoms with E-state index in [2.05, 4.69) is 0 Å². The molecule has 0 atom stereocenters. The summed E-state index contributed by atoms with van der Waals surface area (Å²) in [5.74, 6) is 2.19. The Labute approximate surface area is 216 Å². The maximum atomic E-state index is 13.9. The predicted molar refractivity (Wildman–Crippen MR) is 140 cm³/mol. The average Bonchev–Trinajstić information content (AvgIpc) is 2.88. The van der Waals surface area contributed by atoms with E-state index < -0.39 is 0 Å². The highest BCUT2D eigenvalue weighted by Crippen LogP contribution is 2.43. The molecule has 0 spiro atoms. The van der Waals surface area contributed by atoms with Gasteiger partial charge in [-0.1, -0.05) is 53.2 Å². The zero-order chi connectivity index (χ0) is 25.1. The number of rotatable bonds is 8. The van der Waals surface area contributed by atoms with Gasteiger partial charge in [-0.05, 0) is 30.3 Å². The Morgan fingerprint density at radius 3 is 2.29 bits per heavy atom. The summed E-state index contributed by atoms with van der Waals surface area (Å²) in [4.78, 5) is 18.7. The van der Waals surface area contributed by atoms with Crippen molar-refractivity contribution in [3.63, 3.8) is 0 Å². The fourth-order valence-electron chi connectivity index (χ4n) is 3.70. The van der Waals surface area contributed by atoms with E-state index in [9.17, 15) is 4.79 Å². The number of hydrogen-bond donors (Lipinski definition) is 0. The van der Waals surface area contributed by atoms with Gasteiger partial charge in [-0.15, -0.1) is 0 Å². The lowest BCUT2D eigenvalue weighted by molar-refractivity contribution is 0.326. The van der Waals surface area contributed by atoms with Crippen LogP contribution in [-0.2, 0) is 5.75 Å². The molecule has 7 nitrogen and oxygen atoms in total. The number of benzene rings is 3. The molecule has 0 unspecified atom stereocenters. The van der Waals surface area contributed by atoms with Crippen LogP contribution >= 0.6 is 35.0 Å². The molecule has 35 heavy (non-hydrogen) atoms. The topological polar surface area (TPSA) is 71.8 Å². The molecule has 4 rings (SSSR count). The molecule has 0 saturated carbocycles. The van der Waals surface area contributed by atoms with E-state index in [4.69, 9.17) is 47.1 Å². The molecule has 3 aromatic carbocycles. The minimum absolute atomic E-state index is 0.275. The number of fused-ring (bicyclic) bond motifs is 1. The van der Waals surface area contributed by atoms with Gasteiger partial charge in [0.1, 0.15) is 11.3 Å². The molecular formula is C25H22Cl2N2O5S. The van der Waals surface area contributed by atoms with E-state index in [1.807, 2.05) is 24.3 Å². The minimum Gasteiger partial charge on any atom is -0.496 e. The molecular weight excluding hydrogens is 511 g/mol. The van der Waals surface area contributed by atoms with Crippen molar-refractivity contribution in [2.24, 2.45) is 0 Å². The standard InChI is InChI=1S/C25H22Cl2N2O5S/c1-31-19-8-6-5-7-14(19)13-35-25-28-21-16(12-20(32-2)22(33-3)23(21)34-4)24(30)29(25)18-11-15(26)9-10-17(18)27/h5-12H,13H2,1-4H3. The van der Waals surface area contributed by atoms with Crippen LogP contribution in [0.1, 0.15) is 5.56 Å². The molecule has 4 aromatic rings. The Morgan fingerprint density at radius 1 is 0.886 bits per heavy atom. The van der Waals surface area contributed by atoms with Crippen LogP contribution in [0.5, 0.6) is 23.0 Å². The summed E-state index contributed by atoms with van der Waals surface area (Å²) in [5, 5.41) is 1.45. The molecule has 1 heterocycles. The number of nitrogens with zero attached hydrogens (tertiary/aromatic N) is 2. The molecule has 0 aliphatic heterocycles. The van der Waals surface area contributed by atoms with E-state index in [1.165, 1.54) is 37.7 Å². The van der Waals surface area contributed by atoms with Gasteiger partial charge in [0.2, 0.25) is 5.75 Å². The molecule has 0 bridgehead atoms. The third-order valence-corrected chi connectivity index (χ3v) is 6.88. The predicted octanol–water partition coefficient (Wildman–Crippen LogP) is 6.02. The largest absolute Gasteiger partial charge is 0.496 e. The van der Waals surface area contributed by atoms with Crippen LogP contribution < -0.4 is 24.5 Å². The second-order valence-electron chi connectivity index (χ2n) is 7.27. The molecule has 0 aliphatic rings. The number of halogens is 2. The number of thioether (sulfide) groups is 1. The highest BCUT2D eigenvalue weighted by atomic mass is 35.5. The van der Waals surface area contributed by atoms with Gasteiger partial charge in [-0.3, -0.25) is 9.36 Å². The Hall–Kier alpha value is -3.07. The summed E-state index contributed by atoms with van der Waals surface area (Å²) in [7, 11) is 6.08. The van der Waals surface area contributed by atoms with Crippen LogP contribution in [0.25, 0.3) is 16.6 Å². The smallest absolute Gasteiger partial charge is 0.266 e. The third-order valence-electron chi connectivity index (χ3n) is 5.33. The quantitative estimate of drug-likeness (QED) is 0.203. The molecule has 182 valence electrons. The van der Waals surface area contributed by atoms with Crippen molar-refractivity contribution in [3.05, 3.63) is 74.5 Å². The van der Waals surface area contributed by atoms with Gasteiger partial charge in [0.25, 0.3) is 5.56 Å². The van der Waals surface area contributed by atoms with Gasteiger partial charge in [-0.2, -0.15) is 0 Å². The van der Waals surface area contributed by atoms with Crippen molar-refractivity contribution < 1.29 is 18.9 Å². The molecule has 0 saturated heterocycles. The van der Waals surface area contributed by atoms with E-state index in [0.29, 0.717) is 49.4 Å². The lowest BCUT2D eigenvalue weighted by Gasteiger charge is -2.18. The van der Waals surface area contributed by atoms with Gasteiger partial charge < -0.3 is 18.9 Å². The fourth-order valence-corrected chi connectivity index (χ4v) is 5.06. The monoisotopic (exact) mass is 532 g/mol. The first kappa shape index (κ1) is 25.0. The van der Waals surface area contributed by atoms with Gasteiger partial charge in [-0.25, -0.2) is 4.98 Å². The normalized spacial score (nSPS) is 10.9. The molecule has 0 aliphatic carbocycles. The first-order chi connectivity index (χ1) is 16.9. The first-order valence-corrected chi connectivity index (χ1v) is 12.1. The van der Waals surface area contributed by atoms with E-state index >= 15 is 0 Å². The van der Waals surface area contributed by atoms with Crippen molar-refractivity contribution in [1.29, 1.82) is 0 Å². The second kappa shape index (κ2) is 10.7. The molecule has 10 heteroatoms. The first-order valence-electron chi connectivity index (χ1n) is 10.4. The highest BCUT2D eigenvalue weighted by molar-refractivity contribution is 7.98. The minimum atomic E-state index is -0.360. The average molecular weight is 533 g/mol. The Balaban J connectivity index is 2.01. The van der Waals surface area contributed by atoms with E-state index in [0.717, 1.165) is 11.3 Å². The summed E-state index contributed by atoms with van der Waals surface area (Å²) in [6.45, 7) is 0. The Bertz CT molecular complexity index is 1460. The summed E-state index contributed by atoms with van der Waals surface area (Å²) < 4.78 is 23.5. The van der Waals surface area contributed by atoms with Gasteiger partial charge in [0, 0.05) is 16.3 Å². The zero-order valence-corrected chi connectivity index (χ0v) is 21.8. The number of hydrogen-bond acceptors (Lipinski definition) is 7. The summed E-state index contributed by atoms with van der Waals surface area (Å²) in [5.41, 5.74) is 1.33. The zero-order valence-electron chi connectivity index (χ0n) is 19.4. The Morgan fingerprint density at radius 2 is 1.60 bits per heavy atom. The summed E-state index contributed by atoms with van der Waals surface area (Å²) in [6, 6.07) is 14.2. The summed E-state index contributed by atoms with van der Waals surface area (Å²) >= 11 is 14.1. The molecule has 0 fully saturated rings. The molecule has 1 aromatic heterocycles. The van der Waals surface area contributed by atoms with Crippen LogP contribution in [0, 0.1) is 0 Å². The maximum absolute atomic E-state index is 13.9. The molecule has 0 N–H and O–H groups in total. The number of methoxy groups -OCH3 is 4. The summed E-state index contributed by atoms with van der Waals surface area (Å²) in [6.07, 6.45) is 0. The van der Waals surface area contributed by atoms with Crippen molar-refractivity contribution >= 4 is 45.9 Å². The van der Waals surface area contributed by atoms with Crippen molar-refractivity contribution in [3.8, 4) is 28.7 Å². The van der Waals surface area contributed by atoms with Crippen LogP contribution in [0.3, 0.4) is 0 Å². The van der Waals surface area contributed by atoms with E-state index in [-0.39, 0.29) is 10.9 Å². The van der Waals surface area contributed by atoms with Crippen molar-refractivity contribution in [1.82, 2.24) is 9.55 Å². The number of para-hydroxylation sites is 1. The van der Waals surface area contributed by atoms with Gasteiger partial charge in [0.15, 0.2) is 16.7 Å². The fraction of sp³-hybridized carbons (Fsp3) is 0.200. The lowest BCUT2D eigenvalue weighted by atomic mass is 10.2. The highest BCUT2D eigenvalue weighted by Gasteiger charge is 2.23. The Kier molecular flexibility index (Phi) is 7.64. The van der Waals surface area contributed by atoms with Crippen LogP contribution in [0.15, 0.2) is 58.5 Å². The van der Waals surface area contributed by atoms with Gasteiger partial charge in [0.05, 0.1) is 44.5 Å². The lowest BCUT2D eigenvalue weighted by Crippen LogP contribution is -2.22. The van der Waals surface area contributed by atoms with Crippen LogP contribution in [0.4, 0.5) is 0 Å². The second-order valence-corrected chi connectivity index (χ2v) is 9.06. The number of ether oxygens (including phenoxy) is 4. The molecule has 0 radical (unpaired) electrons. The third kappa shape index (κ3) is 4.74. The van der Waals surface area contributed by atoms with Crippen molar-refractivity contribution in [2.45, 2.75) is 10.9 Å². The maximum Gasteiger partial charge on any atom is 0.266 e. The van der Waals surface area contributed by atoms with Gasteiger partial charge >= 0.3 is 0 Å². The number of aromatic nitrogens is 2. The SMILES string of the molecule is COc1ccccc1CSc1nc2c(OC)c(OC)c(OC)cc2c(=O)n1-c1cc(Cl)ccc1Cl. The van der Waals surface area contributed by atoms with Crippen LogP contribution in [0.2, 0.25) is 10.0 Å². The van der Waals surface area contributed by atoms with Crippen LogP contribution in [-0.4, -0.2) is 38.0 Å². The molecule has 0 amide bonds. The van der Waals surface area contributed by atoms with E-state index in [1.54, 1.807) is 31.4 Å². The van der Waals surface area contributed by atoms with Crippen molar-refractivity contribution in [2.75, 3.05) is 28.4 Å².